The largest absolute Gasteiger partial charge is 0.493 e. The molecule has 8 heteroatoms. The van der Waals surface area contributed by atoms with Crippen LogP contribution in [0.25, 0.3) is 0 Å². The number of carbonyl (C=O) groups is 2. The van der Waals surface area contributed by atoms with Crippen molar-refractivity contribution in [2.24, 2.45) is 5.10 Å². The van der Waals surface area contributed by atoms with Gasteiger partial charge in [0.2, 0.25) is 0 Å². The van der Waals surface area contributed by atoms with E-state index in [0.29, 0.717) is 22.6 Å². The van der Waals surface area contributed by atoms with E-state index in [-0.39, 0.29) is 18.4 Å². The third-order valence-corrected chi connectivity index (χ3v) is 5.76. The van der Waals surface area contributed by atoms with Crippen molar-refractivity contribution in [2.75, 3.05) is 19.0 Å². The quantitative estimate of drug-likeness (QED) is 0.226. The maximum atomic E-state index is 12.4. The molecular weight excluding hydrogens is 545 g/mol. The van der Waals surface area contributed by atoms with Gasteiger partial charge in [0.1, 0.15) is 0 Å². The Labute approximate surface area is 212 Å². The average molecular weight is 571 g/mol. The normalized spacial score (nSPS) is 10.7. The van der Waals surface area contributed by atoms with Crippen LogP contribution in [0.2, 0.25) is 0 Å². The lowest BCUT2D eigenvalue weighted by atomic mass is 10.1. The molecule has 0 bridgehead atoms. The van der Waals surface area contributed by atoms with E-state index in [9.17, 15) is 9.59 Å². The van der Waals surface area contributed by atoms with E-state index in [1.165, 1.54) is 13.3 Å². The van der Waals surface area contributed by atoms with Crippen LogP contribution in [0.15, 0.2) is 59.7 Å². The van der Waals surface area contributed by atoms with E-state index in [1.54, 1.807) is 18.2 Å². The minimum Gasteiger partial charge on any atom is -0.493 e. The molecule has 0 atom stereocenters. The Balaban J connectivity index is 1.64. The molecule has 176 valence electrons. The van der Waals surface area contributed by atoms with Gasteiger partial charge < -0.3 is 14.8 Å². The molecule has 2 amide bonds. The maximum Gasteiger partial charge on any atom is 0.271 e. The minimum atomic E-state index is -0.298. The Kier molecular flexibility index (Phi) is 8.64. The van der Waals surface area contributed by atoms with Crippen LogP contribution in [-0.4, -0.2) is 31.7 Å². The fourth-order valence-electron chi connectivity index (χ4n) is 3.08. The van der Waals surface area contributed by atoms with Gasteiger partial charge in [-0.2, -0.15) is 5.10 Å². The van der Waals surface area contributed by atoms with Crippen molar-refractivity contribution in [1.82, 2.24) is 5.43 Å². The first kappa shape index (κ1) is 25.2. The Morgan fingerprint density at radius 2 is 1.71 bits per heavy atom. The Morgan fingerprint density at radius 1 is 1.00 bits per heavy atom. The molecule has 3 aromatic rings. The van der Waals surface area contributed by atoms with Crippen molar-refractivity contribution < 1.29 is 19.1 Å². The summed E-state index contributed by atoms with van der Waals surface area (Å²) in [6.45, 7) is 5.70. The fraction of sp³-hybridized carbons (Fsp3) is 0.192. The first-order valence-corrected chi connectivity index (χ1v) is 11.6. The summed E-state index contributed by atoms with van der Waals surface area (Å²) in [4.78, 5) is 24.6. The van der Waals surface area contributed by atoms with E-state index in [4.69, 9.17) is 9.47 Å². The van der Waals surface area contributed by atoms with E-state index in [1.807, 2.05) is 57.2 Å². The highest BCUT2D eigenvalue weighted by Gasteiger charge is 2.14. The predicted octanol–water partition coefficient (Wildman–Crippen LogP) is 5.01. The van der Waals surface area contributed by atoms with Crippen molar-refractivity contribution in [3.05, 3.63) is 86.0 Å². The summed E-state index contributed by atoms with van der Waals surface area (Å²) in [6.07, 6.45) is 1.52. The van der Waals surface area contributed by atoms with Gasteiger partial charge in [-0.25, -0.2) is 5.43 Å². The standard InChI is InChI=1S/C26H26IN3O4/c1-16-6-9-20(10-7-16)26(32)30-28-14-19-12-21(27)25(23(13-19)33-4)34-15-24(31)29-22-11-17(2)5-8-18(22)3/h5-14H,15H2,1-4H3,(H,29,31)(H,30,32)/b28-14+. The number of hydrogen-bond acceptors (Lipinski definition) is 5. The number of methoxy groups -OCH3 is 1. The second-order valence-corrected chi connectivity index (χ2v) is 8.92. The summed E-state index contributed by atoms with van der Waals surface area (Å²) in [6, 6.07) is 16.6. The molecule has 0 saturated heterocycles. The molecule has 0 spiro atoms. The number of nitrogens with one attached hydrogen (secondary N) is 2. The summed E-state index contributed by atoms with van der Waals surface area (Å²) in [7, 11) is 1.52. The third-order valence-electron chi connectivity index (χ3n) is 4.96. The zero-order valence-electron chi connectivity index (χ0n) is 19.4. The molecule has 7 nitrogen and oxygen atoms in total. The van der Waals surface area contributed by atoms with Gasteiger partial charge in [-0.3, -0.25) is 9.59 Å². The molecule has 0 heterocycles. The number of aryl methyl sites for hydroxylation is 3. The average Bonchev–Trinajstić information content (AvgIpc) is 2.80. The molecule has 0 unspecified atom stereocenters. The van der Waals surface area contributed by atoms with Gasteiger partial charge >= 0.3 is 0 Å². The number of halogens is 1. The Bertz CT molecular complexity index is 1220. The Morgan fingerprint density at radius 3 is 2.41 bits per heavy atom. The molecule has 0 aromatic heterocycles. The zero-order chi connectivity index (χ0) is 24.7. The lowest BCUT2D eigenvalue weighted by molar-refractivity contribution is -0.118. The van der Waals surface area contributed by atoms with Crippen molar-refractivity contribution in [3.63, 3.8) is 0 Å². The van der Waals surface area contributed by atoms with E-state index < -0.39 is 0 Å². The molecule has 3 aromatic carbocycles. The van der Waals surface area contributed by atoms with E-state index in [0.717, 1.165) is 25.9 Å². The number of hydrazone groups is 1. The summed E-state index contributed by atoms with van der Waals surface area (Å²) in [5.74, 6) is 0.349. The minimum absolute atomic E-state index is 0.167. The highest BCUT2D eigenvalue weighted by atomic mass is 127. The number of ether oxygens (including phenoxy) is 2. The lowest BCUT2D eigenvalue weighted by Crippen LogP contribution is -2.21. The summed E-state index contributed by atoms with van der Waals surface area (Å²) in [5.41, 5.74) is 7.62. The summed E-state index contributed by atoms with van der Waals surface area (Å²) >= 11 is 2.11. The van der Waals surface area contributed by atoms with Gasteiger partial charge in [0.05, 0.1) is 16.9 Å². The maximum absolute atomic E-state index is 12.4. The number of nitrogens with zero attached hydrogens (tertiary/aromatic N) is 1. The van der Waals surface area contributed by atoms with Gasteiger partial charge in [0.15, 0.2) is 18.1 Å². The number of rotatable bonds is 8. The smallest absolute Gasteiger partial charge is 0.271 e. The van der Waals surface area contributed by atoms with E-state index >= 15 is 0 Å². The first-order valence-electron chi connectivity index (χ1n) is 10.5. The van der Waals surface area contributed by atoms with Crippen LogP contribution in [0.5, 0.6) is 11.5 Å². The number of hydrogen-bond donors (Lipinski definition) is 2. The molecule has 0 aliphatic rings. The van der Waals surface area contributed by atoms with Crippen LogP contribution in [-0.2, 0) is 4.79 Å². The van der Waals surface area contributed by atoms with Crippen molar-refractivity contribution in [3.8, 4) is 11.5 Å². The van der Waals surface area contributed by atoms with Crippen LogP contribution < -0.4 is 20.2 Å². The molecule has 0 radical (unpaired) electrons. The van der Waals surface area contributed by atoms with Crippen molar-refractivity contribution in [1.29, 1.82) is 0 Å². The molecule has 0 aliphatic heterocycles. The van der Waals surface area contributed by atoms with Gasteiger partial charge in [-0.15, -0.1) is 0 Å². The topological polar surface area (TPSA) is 89.0 Å². The van der Waals surface area contributed by atoms with Crippen LogP contribution in [0.3, 0.4) is 0 Å². The molecule has 34 heavy (non-hydrogen) atoms. The van der Waals surface area contributed by atoms with Crippen LogP contribution in [0.1, 0.15) is 32.6 Å². The van der Waals surface area contributed by atoms with Gasteiger partial charge in [-0.1, -0.05) is 29.8 Å². The molecule has 2 N–H and O–H groups in total. The summed E-state index contributed by atoms with van der Waals surface area (Å²) in [5, 5.41) is 6.91. The van der Waals surface area contributed by atoms with Crippen molar-refractivity contribution in [2.45, 2.75) is 20.8 Å². The van der Waals surface area contributed by atoms with Gasteiger partial charge in [0.25, 0.3) is 11.8 Å². The Hall–Kier alpha value is -3.40. The second kappa shape index (κ2) is 11.6. The third kappa shape index (κ3) is 6.80. The number of anilines is 1. The predicted molar refractivity (Wildman–Crippen MR) is 142 cm³/mol. The monoisotopic (exact) mass is 571 g/mol. The molecule has 0 fully saturated rings. The van der Waals surface area contributed by atoms with Gasteiger partial charge in [0, 0.05) is 11.3 Å². The number of benzene rings is 3. The lowest BCUT2D eigenvalue weighted by Gasteiger charge is -2.14. The number of amides is 2. The summed E-state index contributed by atoms with van der Waals surface area (Å²) < 4.78 is 12.0. The van der Waals surface area contributed by atoms with Crippen LogP contribution >= 0.6 is 22.6 Å². The SMILES string of the molecule is COc1cc(/C=N/NC(=O)c2ccc(C)cc2)cc(I)c1OCC(=O)Nc1cc(C)ccc1C. The molecule has 0 aliphatic carbocycles. The van der Waals surface area contributed by atoms with Crippen LogP contribution in [0.4, 0.5) is 5.69 Å². The van der Waals surface area contributed by atoms with Gasteiger partial charge in [-0.05, 0) is 90.4 Å². The first-order chi connectivity index (χ1) is 16.3. The van der Waals surface area contributed by atoms with Crippen LogP contribution in [0, 0.1) is 24.3 Å². The second-order valence-electron chi connectivity index (χ2n) is 7.75. The molecule has 3 rings (SSSR count). The van der Waals surface area contributed by atoms with Crippen molar-refractivity contribution >= 4 is 46.3 Å². The molecule has 0 saturated carbocycles. The zero-order valence-corrected chi connectivity index (χ0v) is 21.6. The molecular formula is C26H26IN3O4. The highest BCUT2D eigenvalue weighted by Crippen LogP contribution is 2.33. The highest BCUT2D eigenvalue weighted by molar-refractivity contribution is 14.1. The fourth-order valence-corrected chi connectivity index (χ4v) is 3.86. The van der Waals surface area contributed by atoms with E-state index in [2.05, 4.69) is 38.4 Å². The number of carbonyl (C=O) groups excluding carboxylic acids is 2.